The quantitative estimate of drug-likeness (QED) is 0.381. The van der Waals surface area contributed by atoms with E-state index in [1.165, 1.54) is 0 Å². The number of esters is 1. The van der Waals surface area contributed by atoms with E-state index in [9.17, 15) is 4.79 Å². The van der Waals surface area contributed by atoms with Crippen molar-refractivity contribution in [3.8, 4) is 0 Å². The molecule has 0 aromatic heterocycles. The summed E-state index contributed by atoms with van der Waals surface area (Å²) >= 11 is 4.00. The molecule has 66 valence electrons. The van der Waals surface area contributed by atoms with Crippen molar-refractivity contribution in [2.45, 2.75) is 32.6 Å². The van der Waals surface area contributed by atoms with E-state index in [1.807, 2.05) is 0 Å². The monoisotopic (exact) mass is 176 g/mol. The molecule has 0 spiro atoms. The minimum atomic E-state index is -0.0753. The van der Waals surface area contributed by atoms with Crippen LogP contribution in [-0.4, -0.2) is 18.3 Å². The molecule has 2 nitrogen and oxygen atoms in total. The number of hydrogen-bond donors (Lipinski definition) is 1. The van der Waals surface area contributed by atoms with Crippen molar-refractivity contribution in [1.29, 1.82) is 0 Å². The van der Waals surface area contributed by atoms with Crippen LogP contribution < -0.4 is 0 Å². The Balaban J connectivity index is 3.09. The maximum Gasteiger partial charge on any atom is 0.305 e. The summed E-state index contributed by atoms with van der Waals surface area (Å²) in [7, 11) is 0. The summed E-state index contributed by atoms with van der Waals surface area (Å²) in [6.45, 7) is 2.58. The number of unbranched alkanes of at least 4 members (excludes halogenated alkanes) is 1. The first-order valence-electron chi connectivity index (χ1n) is 4.07. The van der Waals surface area contributed by atoms with Gasteiger partial charge in [0.05, 0.1) is 6.61 Å². The van der Waals surface area contributed by atoms with Gasteiger partial charge in [-0.1, -0.05) is 13.3 Å². The zero-order valence-corrected chi connectivity index (χ0v) is 7.90. The predicted molar refractivity (Wildman–Crippen MR) is 49.0 cm³/mol. The van der Waals surface area contributed by atoms with Crippen LogP contribution in [-0.2, 0) is 9.53 Å². The average Bonchev–Trinajstić information content (AvgIpc) is 2.01. The van der Waals surface area contributed by atoms with Gasteiger partial charge in [0.2, 0.25) is 0 Å². The predicted octanol–water partition coefficient (Wildman–Crippen LogP) is 2.04. The molecule has 11 heavy (non-hydrogen) atoms. The second-order valence-corrected chi connectivity index (χ2v) is 2.85. The fraction of sp³-hybridized carbons (Fsp3) is 0.875. The lowest BCUT2D eigenvalue weighted by Gasteiger charge is -2.01. The second-order valence-electron chi connectivity index (χ2n) is 2.40. The summed E-state index contributed by atoms with van der Waals surface area (Å²) in [5.41, 5.74) is 0. The number of carbonyl (C=O) groups excluding carboxylic acids is 1. The Hall–Kier alpha value is -0.180. The van der Waals surface area contributed by atoms with Gasteiger partial charge in [-0.05, 0) is 18.6 Å². The summed E-state index contributed by atoms with van der Waals surface area (Å²) in [5.74, 6) is 0.703. The highest BCUT2D eigenvalue weighted by molar-refractivity contribution is 7.80. The SMILES string of the molecule is CCCCC(=O)OCCCS. The minimum absolute atomic E-state index is 0.0753. The van der Waals surface area contributed by atoms with Gasteiger partial charge in [-0.15, -0.1) is 0 Å². The second kappa shape index (κ2) is 7.92. The van der Waals surface area contributed by atoms with Crippen molar-refractivity contribution in [2.24, 2.45) is 0 Å². The van der Waals surface area contributed by atoms with Gasteiger partial charge in [0.15, 0.2) is 0 Å². The Labute approximate surface area is 73.7 Å². The lowest BCUT2D eigenvalue weighted by molar-refractivity contribution is -0.143. The molecule has 0 atom stereocenters. The zero-order valence-electron chi connectivity index (χ0n) is 7.01. The number of hydrogen-bond acceptors (Lipinski definition) is 3. The molecule has 0 N–H and O–H groups in total. The molecular weight excluding hydrogens is 160 g/mol. The normalized spacial score (nSPS) is 9.64. The van der Waals surface area contributed by atoms with Gasteiger partial charge in [0.25, 0.3) is 0 Å². The Morgan fingerprint density at radius 3 is 2.73 bits per heavy atom. The molecule has 3 heteroatoms. The molecule has 0 aliphatic carbocycles. The van der Waals surface area contributed by atoms with Crippen LogP contribution in [0.4, 0.5) is 0 Å². The van der Waals surface area contributed by atoms with E-state index >= 15 is 0 Å². The maximum absolute atomic E-state index is 10.8. The average molecular weight is 176 g/mol. The molecule has 0 unspecified atom stereocenters. The van der Waals surface area contributed by atoms with E-state index in [2.05, 4.69) is 19.6 Å². The number of ether oxygens (including phenoxy) is 1. The van der Waals surface area contributed by atoms with E-state index in [0.29, 0.717) is 13.0 Å². The molecule has 0 fully saturated rings. The van der Waals surface area contributed by atoms with Gasteiger partial charge in [0, 0.05) is 6.42 Å². The standard InChI is InChI=1S/C8H16O2S/c1-2-3-5-8(9)10-6-4-7-11/h11H,2-7H2,1H3. The highest BCUT2D eigenvalue weighted by atomic mass is 32.1. The molecule has 0 amide bonds. The first-order chi connectivity index (χ1) is 5.31. The van der Waals surface area contributed by atoms with Crippen LogP contribution in [0.25, 0.3) is 0 Å². The van der Waals surface area contributed by atoms with Crippen molar-refractivity contribution < 1.29 is 9.53 Å². The molecule has 0 saturated heterocycles. The van der Waals surface area contributed by atoms with Crippen LogP contribution in [0.3, 0.4) is 0 Å². The van der Waals surface area contributed by atoms with Gasteiger partial charge in [-0.3, -0.25) is 4.79 Å². The van der Waals surface area contributed by atoms with Gasteiger partial charge in [0.1, 0.15) is 0 Å². The van der Waals surface area contributed by atoms with Crippen LogP contribution in [0.15, 0.2) is 0 Å². The molecular formula is C8H16O2S. The van der Waals surface area contributed by atoms with Gasteiger partial charge in [-0.2, -0.15) is 12.6 Å². The highest BCUT2D eigenvalue weighted by Crippen LogP contribution is 1.97. The topological polar surface area (TPSA) is 26.3 Å². The molecule has 0 aromatic carbocycles. The molecule has 0 aliphatic heterocycles. The van der Waals surface area contributed by atoms with E-state index in [0.717, 1.165) is 25.0 Å². The summed E-state index contributed by atoms with van der Waals surface area (Å²) in [6.07, 6.45) is 3.38. The van der Waals surface area contributed by atoms with Crippen molar-refractivity contribution in [1.82, 2.24) is 0 Å². The number of thiol groups is 1. The van der Waals surface area contributed by atoms with E-state index < -0.39 is 0 Å². The van der Waals surface area contributed by atoms with Gasteiger partial charge < -0.3 is 4.74 Å². The molecule has 0 saturated carbocycles. The van der Waals surface area contributed by atoms with Crippen molar-refractivity contribution in [2.75, 3.05) is 12.4 Å². The van der Waals surface area contributed by atoms with Crippen LogP contribution in [0, 0.1) is 0 Å². The Kier molecular flexibility index (Phi) is 7.79. The molecule has 0 aliphatic rings. The van der Waals surface area contributed by atoms with Crippen molar-refractivity contribution >= 4 is 18.6 Å². The zero-order chi connectivity index (χ0) is 8.53. The maximum atomic E-state index is 10.8. The smallest absolute Gasteiger partial charge is 0.305 e. The fourth-order valence-corrected chi connectivity index (χ4v) is 0.773. The molecule has 0 bridgehead atoms. The van der Waals surface area contributed by atoms with Gasteiger partial charge in [-0.25, -0.2) is 0 Å². The summed E-state index contributed by atoms with van der Waals surface area (Å²) in [5, 5.41) is 0. The van der Waals surface area contributed by atoms with Crippen molar-refractivity contribution in [3.63, 3.8) is 0 Å². The van der Waals surface area contributed by atoms with Crippen LogP contribution in [0.2, 0.25) is 0 Å². The van der Waals surface area contributed by atoms with E-state index in [4.69, 9.17) is 4.74 Å². The summed E-state index contributed by atoms with van der Waals surface area (Å²) in [4.78, 5) is 10.8. The van der Waals surface area contributed by atoms with E-state index in [1.54, 1.807) is 0 Å². The van der Waals surface area contributed by atoms with Crippen LogP contribution in [0.1, 0.15) is 32.6 Å². The lowest BCUT2D eigenvalue weighted by Crippen LogP contribution is -2.05. The third kappa shape index (κ3) is 7.72. The molecule has 0 heterocycles. The fourth-order valence-electron chi connectivity index (χ4n) is 0.644. The Morgan fingerprint density at radius 2 is 2.18 bits per heavy atom. The molecule has 0 aromatic rings. The first-order valence-corrected chi connectivity index (χ1v) is 4.71. The van der Waals surface area contributed by atoms with Gasteiger partial charge >= 0.3 is 5.97 Å². The lowest BCUT2D eigenvalue weighted by atomic mass is 10.2. The molecule has 0 radical (unpaired) electrons. The Bertz CT molecular complexity index is 104. The highest BCUT2D eigenvalue weighted by Gasteiger charge is 1.99. The van der Waals surface area contributed by atoms with E-state index in [-0.39, 0.29) is 5.97 Å². The van der Waals surface area contributed by atoms with Crippen LogP contribution >= 0.6 is 12.6 Å². The molecule has 0 rings (SSSR count). The Morgan fingerprint density at radius 1 is 1.45 bits per heavy atom. The largest absolute Gasteiger partial charge is 0.466 e. The van der Waals surface area contributed by atoms with Crippen molar-refractivity contribution in [3.05, 3.63) is 0 Å². The number of carbonyl (C=O) groups is 1. The minimum Gasteiger partial charge on any atom is -0.466 e. The first kappa shape index (κ1) is 10.8. The summed E-state index contributed by atoms with van der Waals surface area (Å²) < 4.78 is 4.90. The van der Waals surface area contributed by atoms with Crippen LogP contribution in [0.5, 0.6) is 0 Å². The third-order valence-electron chi connectivity index (χ3n) is 1.30. The summed E-state index contributed by atoms with van der Waals surface area (Å²) in [6, 6.07) is 0. The number of rotatable bonds is 6. The third-order valence-corrected chi connectivity index (χ3v) is 1.62.